The first-order valence-corrected chi connectivity index (χ1v) is 21.3. The van der Waals surface area contributed by atoms with Gasteiger partial charge in [-0.05, 0) is 115 Å². The van der Waals surface area contributed by atoms with E-state index in [-0.39, 0.29) is 0 Å². The average molecular weight is 788 g/mol. The van der Waals surface area contributed by atoms with E-state index in [9.17, 15) is 0 Å². The molecule has 0 aliphatic rings. The van der Waals surface area contributed by atoms with Crippen molar-refractivity contribution in [2.45, 2.75) is 0 Å². The molecule has 0 bridgehead atoms. The van der Waals surface area contributed by atoms with Crippen LogP contribution >= 0.6 is 0 Å². The Balaban J connectivity index is 0.979. The van der Waals surface area contributed by atoms with Crippen LogP contribution in [0.4, 0.5) is 0 Å². The van der Waals surface area contributed by atoms with Crippen LogP contribution in [0.5, 0.6) is 0 Å². The van der Waals surface area contributed by atoms with Crippen LogP contribution in [0, 0.1) is 0 Å². The quantitative estimate of drug-likeness (QED) is 0.159. The molecule has 0 N–H and O–H groups in total. The van der Waals surface area contributed by atoms with Crippen molar-refractivity contribution >= 4 is 75.9 Å². The van der Waals surface area contributed by atoms with Crippen LogP contribution in [0.2, 0.25) is 0 Å². The molecule has 13 rings (SSSR count). The molecule has 3 heterocycles. The van der Waals surface area contributed by atoms with Crippen molar-refractivity contribution < 1.29 is 0 Å². The van der Waals surface area contributed by atoms with E-state index >= 15 is 0 Å². The maximum Gasteiger partial charge on any atom is 0.138 e. The monoisotopic (exact) mass is 787 g/mol. The van der Waals surface area contributed by atoms with Gasteiger partial charge in [0, 0.05) is 32.8 Å². The largest absolute Gasteiger partial charge is 0.309 e. The van der Waals surface area contributed by atoms with E-state index in [0.29, 0.717) is 0 Å². The van der Waals surface area contributed by atoms with Crippen molar-refractivity contribution in [3.05, 3.63) is 224 Å². The van der Waals surface area contributed by atoms with Crippen molar-refractivity contribution in [3.8, 4) is 45.0 Å². The predicted molar refractivity (Wildman–Crippen MR) is 262 cm³/mol. The van der Waals surface area contributed by atoms with Crippen molar-refractivity contribution in [2.24, 2.45) is 0 Å². The van der Waals surface area contributed by atoms with Gasteiger partial charge in [-0.15, -0.1) is 0 Å². The Kier molecular flexibility index (Phi) is 7.60. The summed E-state index contributed by atoms with van der Waals surface area (Å²) in [6.45, 7) is 0. The SMILES string of the molecule is c1ccc(-c2cc(-c3ccccc3)nc(-n3c4ccccc4c4cc(-c5ccc6c(c5)c5ccccc5n6-c5ccc6c7ccccc7c7ccccc7c6c5)ccc43)c2)cc1. The zero-order valence-electron chi connectivity index (χ0n) is 33.7. The molecule has 0 unspecified atom stereocenters. The molecule has 62 heavy (non-hydrogen) atoms. The highest BCUT2D eigenvalue weighted by Gasteiger charge is 2.19. The van der Waals surface area contributed by atoms with E-state index < -0.39 is 0 Å². The summed E-state index contributed by atoms with van der Waals surface area (Å²) in [6, 6.07) is 81.6. The predicted octanol–water partition coefficient (Wildman–Crippen LogP) is 15.7. The van der Waals surface area contributed by atoms with Gasteiger partial charge in [0.2, 0.25) is 0 Å². The molecule has 0 radical (unpaired) electrons. The lowest BCUT2D eigenvalue weighted by molar-refractivity contribution is 1.08. The summed E-state index contributed by atoms with van der Waals surface area (Å²) in [5, 5.41) is 12.6. The highest BCUT2D eigenvalue weighted by Crippen LogP contribution is 2.41. The van der Waals surface area contributed by atoms with Gasteiger partial charge in [0.1, 0.15) is 5.82 Å². The van der Waals surface area contributed by atoms with Crippen LogP contribution in [-0.2, 0) is 0 Å². The standard InChI is InChI=1S/C59H37N3/c1-3-15-38(16-4-1)42-35-54(39-17-5-2-6-18-39)60-59(36-42)62-56-26-14-12-24-50(56)53-34-41(28-32-58(53)62)40-27-31-57-52(33-40)49-23-11-13-25-55(49)61(57)43-29-30-48-46-21-8-7-19-44(46)45-20-9-10-22-47(45)51(48)37-43/h1-37H. The van der Waals surface area contributed by atoms with Crippen LogP contribution in [-0.4, -0.2) is 14.1 Å². The van der Waals surface area contributed by atoms with Gasteiger partial charge in [-0.25, -0.2) is 4.98 Å². The molecule has 3 nitrogen and oxygen atoms in total. The Morgan fingerprint density at radius 2 is 0.694 bits per heavy atom. The van der Waals surface area contributed by atoms with Gasteiger partial charge in [0.25, 0.3) is 0 Å². The number of benzene rings is 10. The van der Waals surface area contributed by atoms with E-state index in [0.717, 1.165) is 44.9 Å². The first kappa shape index (κ1) is 34.6. The van der Waals surface area contributed by atoms with Gasteiger partial charge in [-0.3, -0.25) is 4.57 Å². The number of para-hydroxylation sites is 2. The summed E-state index contributed by atoms with van der Waals surface area (Å²) in [6.07, 6.45) is 0. The lowest BCUT2D eigenvalue weighted by Gasteiger charge is -2.14. The number of hydrogen-bond donors (Lipinski definition) is 0. The fourth-order valence-corrected chi connectivity index (χ4v) is 10.0. The second-order valence-corrected chi connectivity index (χ2v) is 16.3. The first-order chi connectivity index (χ1) is 30.7. The van der Waals surface area contributed by atoms with Crippen molar-refractivity contribution in [1.82, 2.24) is 14.1 Å². The van der Waals surface area contributed by atoms with Crippen molar-refractivity contribution in [3.63, 3.8) is 0 Å². The molecule has 0 spiro atoms. The van der Waals surface area contributed by atoms with E-state index in [2.05, 4.69) is 234 Å². The first-order valence-electron chi connectivity index (χ1n) is 21.3. The third-order valence-corrected chi connectivity index (χ3v) is 12.9. The molecule has 13 aromatic rings. The Morgan fingerprint density at radius 1 is 0.242 bits per heavy atom. The molecule has 3 aromatic heterocycles. The van der Waals surface area contributed by atoms with Crippen LogP contribution < -0.4 is 0 Å². The maximum atomic E-state index is 5.35. The highest BCUT2D eigenvalue weighted by molar-refractivity contribution is 6.25. The van der Waals surface area contributed by atoms with E-state index in [4.69, 9.17) is 4.98 Å². The second-order valence-electron chi connectivity index (χ2n) is 16.3. The smallest absolute Gasteiger partial charge is 0.138 e. The summed E-state index contributed by atoms with van der Waals surface area (Å²) in [7, 11) is 0. The Labute approximate surface area is 358 Å². The summed E-state index contributed by atoms with van der Waals surface area (Å²) < 4.78 is 4.77. The van der Waals surface area contributed by atoms with Gasteiger partial charge in [-0.1, -0.05) is 164 Å². The molecule has 0 fully saturated rings. The van der Waals surface area contributed by atoms with Gasteiger partial charge >= 0.3 is 0 Å². The highest BCUT2D eigenvalue weighted by atomic mass is 15.1. The van der Waals surface area contributed by atoms with Crippen LogP contribution in [0.15, 0.2) is 224 Å². The van der Waals surface area contributed by atoms with Crippen LogP contribution in [0.3, 0.4) is 0 Å². The summed E-state index contributed by atoms with van der Waals surface area (Å²) in [4.78, 5) is 5.35. The molecule has 288 valence electrons. The van der Waals surface area contributed by atoms with Gasteiger partial charge in [0.15, 0.2) is 0 Å². The molecule has 10 aromatic carbocycles. The molecule has 3 heteroatoms. The summed E-state index contributed by atoms with van der Waals surface area (Å²) >= 11 is 0. The Bertz CT molecular complexity index is 3820. The number of aromatic nitrogens is 3. The molecular formula is C59H37N3. The minimum atomic E-state index is 0.897. The topological polar surface area (TPSA) is 22.8 Å². The molecule has 0 aliphatic carbocycles. The lowest BCUT2D eigenvalue weighted by Crippen LogP contribution is -2.00. The summed E-state index contributed by atoms with van der Waals surface area (Å²) in [5.41, 5.74) is 12.5. The number of fused-ring (bicyclic) bond motifs is 12. The van der Waals surface area contributed by atoms with Crippen molar-refractivity contribution in [1.29, 1.82) is 0 Å². The minimum absolute atomic E-state index is 0.897. The molecule has 0 atom stereocenters. The lowest BCUT2D eigenvalue weighted by atomic mass is 9.94. The summed E-state index contributed by atoms with van der Waals surface area (Å²) in [5.74, 6) is 0.897. The second kappa shape index (κ2) is 13.6. The third-order valence-electron chi connectivity index (χ3n) is 12.9. The van der Waals surface area contributed by atoms with Crippen molar-refractivity contribution in [2.75, 3.05) is 0 Å². The average Bonchev–Trinajstić information content (AvgIpc) is 3.86. The van der Waals surface area contributed by atoms with Crippen LogP contribution in [0.25, 0.3) is 121 Å². The zero-order valence-corrected chi connectivity index (χ0v) is 33.7. The van der Waals surface area contributed by atoms with Gasteiger partial charge < -0.3 is 4.57 Å². The van der Waals surface area contributed by atoms with Gasteiger partial charge in [0.05, 0.1) is 27.8 Å². The van der Waals surface area contributed by atoms with Crippen LogP contribution in [0.1, 0.15) is 0 Å². The maximum absolute atomic E-state index is 5.35. The van der Waals surface area contributed by atoms with E-state index in [1.165, 1.54) is 76.0 Å². The molecule has 0 aliphatic heterocycles. The Morgan fingerprint density at radius 3 is 1.29 bits per heavy atom. The van der Waals surface area contributed by atoms with E-state index in [1.54, 1.807) is 0 Å². The molecular weight excluding hydrogens is 751 g/mol. The third kappa shape index (κ3) is 5.28. The zero-order chi connectivity index (χ0) is 40.7. The normalized spacial score (nSPS) is 11.9. The number of hydrogen-bond acceptors (Lipinski definition) is 1. The fourth-order valence-electron chi connectivity index (χ4n) is 10.0. The Hall–Kier alpha value is -8.27. The molecule has 0 amide bonds. The van der Waals surface area contributed by atoms with Gasteiger partial charge in [-0.2, -0.15) is 0 Å². The number of rotatable bonds is 5. The molecule has 0 saturated heterocycles. The molecule has 0 saturated carbocycles. The minimum Gasteiger partial charge on any atom is -0.309 e. The van der Waals surface area contributed by atoms with E-state index in [1.807, 2.05) is 0 Å². The number of pyridine rings is 1. The fraction of sp³-hybridized carbons (Fsp3) is 0. The number of nitrogens with zero attached hydrogens (tertiary/aromatic N) is 3.